The third-order valence-corrected chi connectivity index (χ3v) is 4.10. The summed E-state index contributed by atoms with van der Waals surface area (Å²) in [6, 6.07) is 7.81. The molecule has 2 heterocycles. The molecule has 0 saturated heterocycles. The number of H-pyrrole nitrogens is 2. The molecule has 3 aromatic rings. The second kappa shape index (κ2) is 6.31. The minimum atomic E-state index is -0.209. The molecule has 24 heavy (non-hydrogen) atoms. The number of aromatic amines is 2. The Bertz CT molecular complexity index is 887. The average molecular weight is 324 g/mol. The van der Waals surface area contributed by atoms with Gasteiger partial charge in [0.05, 0.1) is 11.0 Å². The molecular weight excluding hydrogens is 304 g/mol. The first-order valence-electron chi connectivity index (χ1n) is 7.89. The number of para-hydroxylation sites is 2. The van der Waals surface area contributed by atoms with E-state index in [0.717, 1.165) is 22.6 Å². The zero-order valence-corrected chi connectivity index (χ0v) is 14.0. The van der Waals surface area contributed by atoms with Gasteiger partial charge in [-0.1, -0.05) is 12.1 Å². The molecule has 3 rings (SSSR count). The first-order chi connectivity index (χ1) is 11.5. The SMILES string of the molecule is CC(=O)c1c(C)[nH]c(C(=O)NCCc2nc3ccccc3[nH]2)c1C. The molecule has 0 aliphatic rings. The lowest BCUT2D eigenvalue weighted by molar-refractivity contribution is 0.0948. The van der Waals surface area contributed by atoms with Gasteiger partial charge in [0.15, 0.2) is 5.78 Å². The van der Waals surface area contributed by atoms with E-state index in [-0.39, 0.29) is 11.7 Å². The van der Waals surface area contributed by atoms with Gasteiger partial charge < -0.3 is 15.3 Å². The van der Waals surface area contributed by atoms with Crippen molar-refractivity contribution >= 4 is 22.7 Å². The van der Waals surface area contributed by atoms with Crippen LogP contribution in [0.25, 0.3) is 11.0 Å². The maximum Gasteiger partial charge on any atom is 0.268 e. The Hall–Kier alpha value is -2.89. The topological polar surface area (TPSA) is 90.6 Å². The fourth-order valence-electron chi connectivity index (χ4n) is 3.01. The summed E-state index contributed by atoms with van der Waals surface area (Å²) in [7, 11) is 0. The highest BCUT2D eigenvalue weighted by atomic mass is 16.2. The lowest BCUT2D eigenvalue weighted by Crippen LogP contribution is -2.27. The van der Waals surface area contributed by atoms with E-state index in [1.807, 2.05) is 24.3 Å². The summed E-state index contributed by atoms with van der Waals surface area (Å²) in [6.07, 6.45) is 0.610. The van der Waals surface area contributed by atoms with Crippen LogP contribution in [0.4, 0.5) is 0 Å². The van der Waals surface area contributed by atoms with Gasteiger partial charge in [0.2, 0.25) is 0 Å². The van der Waals surface area contributed by atoms with Crippen LogP contribution in [0.15, 0.2) is 24.3 Å². The maximum atomic E-state index is 12.3. The quantitative estimate of drug-likeness (QED) is 0.630. The maximum absolute atomic E-state index is 12.3. The van der Waals surface area contributed by atoms with Crippen molar-refractivity contribution in [2.24, 2.45) is 0 Å². The van der Waals surface area contributed by atoms with Crippen molar-refractivity contribution in [3.8, 4) is 0 Å². The van der Waals surface area contributed by atoms with Crippen LogP contribution >= 0.6 is 0 Å². The molecule has 0 fully saturated rings. The lowest BCUT2D eigenvalue weighted by Gasteiger charge is -2.03. The number of aromatic nitrogens is 3. The Kier molecular flexibility index (Phi) is 4.20. The van der Waals surface area contributed by atoms with Crippen molar-refractivity contribution in [2.45, 2.75) is 27.2 Å². The number of imidazole rings is 1. The number of fused-ring (bicyclic) bond motifs is 1. The van der Waals surface area contributed by atoms with Gasteiger partial charge in [0.25, 0.3) is 5.91 Å². The van der Waals surface area contributed by atoms with Gasteiger partial charge in [0.1, 0.15) is 11.5 Å². The minimum Gasteiger partial charge on any atom is -0.354 e. The van der Waals surface area contributed by atoms with E-state index in [9.17, 15) is 9.59 Å². The Labute approximate surface area is 139 Å². The largest absolute Gasteiger partial charge is 0.354 e. The number of rotatable bonds is 5. The fraction of sp³-hybridized carbons (Fsp3) is 0.278. The summed E-state index contributed by atoms with van der Waals surface area (Å²) < 4.78 is 0. The Morgan fingerprint density at radius 1 is 1.17 bits per heavy atom. The number of Topliss-reactive ketones (excluding diaryl/α,β-unsaturated/α-hetero) is 1. The Balaban J connectivity index is 1.65. The van der Waals surface area contributed by atoms with Crippen LogP contribution in [0.3, 0.4) is 0 Å². The van der Waals surface area contributed by atoms with Crippen molar-refractivity contribution in [1.82, 2.24) is 20.3 Å². The summed E-state index contributed by atoms with van der Waals surface area (Å²) in [5.41, 5.74) is 4.37. The molecule has 6 nitrogen and oxygen atoms in total. The lowest BCUT2D eigenvalue weighted by atomic mass is 10.1. The number of carbonyl (C=O) groups is 2. The second-order valence-electron chi connectivity index (χ2n) is 5.89. The van der Waals surface area contributed by atoms with Crippen LogP contribution in [0.2, 0.25) is 0 Å². The molecule has 0 aliphatic carbocycles. The van der Waals surface area contributed by atoms with Gasteiger partial charge in [-0.3, -0.25) is 9.59 Å². The predicted molar refractivity (Wildman–Crippen MR) is 92.4 cm³/mol. The van der Waals surface area contributed by atoms with Crippen molar-refractivity contribution in [3.05, 3.63) is 52.6 Å². The molecule has 0 bridgehead atoms. The summed E-state index contributed by atoms with van der Waals surface area (Å²) >= 11 is 0. The van der Waals surface area contributed by atoms with Crippen LogP contribution < -0.4 is 5.32 Å². The van der Waals surface area contributed by atoms with E-state index in [2.05, 4.69) is 20.3 Å². The van der Waals surface area contributed by atoms with Crippen LogP contribution in [0.5, 0.6) is 0 Å². The van der Waals surface area contributed by atoms with Crippen molar-refractivity contribution in [2.75, 3.05) is 6.54 Å². The monoisotopic (exact) mass is 324 g/mol. The molecule has 1 amide bonds. The third-order valence-electron chi connectivity index (χ3n) is 4.10. The first-order valence-corrected chi connectivity index (χ1v) is 7.89. The number of aryl methyl sites for hydroxylation is 1. The molecule has 6 heteroatoms. The zero-order chi connectivity index (χ0) is 17.3. The molecule has 124 valence electrons. The van der Waals surface area contributed by atoms with E-state index < -0.39 is 0 Å². The molecule has 0 aliphatic heterocycles. The summed E-state index contributed by atoms with van der Waals surface area (Å²) in [5, 5.41) is 2.87. The predicted octanol–water partition coefficient (Wildman–Crippen LogP) is 2.68. The first kappa shape index (κ1) is 16.0. The highest BCUT2D eigenvalue weighted by Gasteiger charge is 2.19. The van der Waals surface area contributed by atoms with E-state index in [1.54, 1.807) is 13.8 Å². The average Bonchev–Trinajstić information content (AvgIpc) is 3.07. The molecule has 3 N–H and O–H groups in total. The number of nitrogens with zero attached hydrogens (tertiary/aromatic N) is 1. The van der Waals surface area contributed by atoms with Gasteiger partial charge in [-0.25, -0.2) is 4.98 Å². The molecule has 0 unspecified atom stereocenters. The zero-order valence-electron chi connectivity index (χ0n) is 14.0. The van der Waals surface area contributed by atoms with Gasteiger partial charge in [0, 0.05) is 24.2 Å². The van der Waals surface area contributed by atoms with E-state index >= 15 is 0 Å². The molecule has 0 atom stereocenters. The number of carbonyl (C=O) groups excluding carboxylic acids is 2. The summed E-state index contributed by atoms with van der Waals surface area (Å²) in [5.74, 6) is 0.585. The van der Waals surface area contributed by atoms with Gasteiger partial charge >= 0.3 is 0 Å². The fourth-order valence-corrected chi connectivity index (χ4v) is 3.01. The molecule has 0 saturated carbocycles. The molecule has 2 aromatic heterocycles. The van der Waals surface area contributed by atoms with Gasteiger partial charge in [-0.2, -0.15) is 0 Å². The minimum absolute atomic E-state index is 0.0393. The smallest absolute Gasteiger partial charge is 0.268 e. The van der Waals surface area contributed by atoms with E-state index in [0.29, 0.717) is 29.8 Å². The molecular formula is C18H20N4O2. The number of hydrogen-bond donors (Lipinski definition) is 3. The highest BCUT2D eigenvalue weighted by molar-refractivity contribution is 6.02. The number of amides is 1. The van der Waals surface area contributed by atoms with Gasteiger partial charge in [-0.05, 0) is 38.5 Å². The van der Waals surface area contributed by atoms with Crippen molar-refractivity contribution < 1.29 is 9.59 Å². The Morgan fingerprint density at radius 2 is 1.92 bits per heavy atom. The number of ketones is 1. The number of hydrogen-bond acceptors (Lipinski definition) is 3. The summed E-state index contributed by atoms with van der Waals surface area (Å²) in [6.45, 7) is 5.56. The molecule has 1 aromatic carbocycles. The highest BCUT2D eigenvalue weighted by Crippen LogP contribution is 2.18. The second-order valence-corrected chi connectivity index (χ2v) is 5.89. The van der Waals surface area contributed by atoms with Crippen LogP contribution in [0.1, 0.15) is 44.9 Å². The number of benzene rings is 1. The molecule has 0 radical (unpaired) electrons. The van der Waals surface area contributed by atoms with Gasteiger partial charge in [-0.15, -0.1) is 0 Å². The standard InChI is InChI=1S/C18H20N4O2/c1-10-16(12(3)23)11(2)20-17(10)18(24)19-9-8-15-21-13-6-4-5-7-14(13)22-15/h4-7,20H,8-9H2,1-3H3,(H,19,24)(H,21,22). The summed E-state index contributed by atoms with van der Waals surface area (Å²) in [4.78, 5) is 34.7. The van der Waals surface area contributed by atoms with E-state index in [4.69, 9.17) is 0 Å². The normalized spacial score (nSPS) is 11.0. The number of nitrogens with one attached hydrogen (secondary N) is 3. The van der Waals surface area contributed by atoms with E-state index in [1.165, 1.54) is 6.92 Å². The third kappa shape index (κ3) is 2.95. The van der Waals surface area contributed by atoms with Crippen LogP contribution in [-0.4, -0.2) is 33.2 Å². The van der Waals surface area contributed by atoms with Crippen LogP contribution in [0, 0.1) is 13.8 Å². The van der Waals surface area contributed by atoms with Crippen LogP contribution in [-0.2, 0) is 6.42 Å². The van der Waals surface area contributed by atoms with Crippen molar-refractivity contribution in [3.63, 3.8) is 0 Å². The molecule has 0 spiro atoms. The Morgan fingerprint density at radius 3 is 2.58 bits per heavy atom. The van der Waals surface area contributed by atoms with Crippen molar-refractivity contribution in [1.29, 1.82) is 0 Å².